The fourth-order valence-electron chi connectivity index (χ4n) is 4.63. The van der Waals surface area contributed by atoms with Gasteiger partial charge in [0.05, 0.1) is 39.0 Å². The summed E-state index contributed by atoms with van der Waals surface area (Å²) in [5.41, 5.74) is 2.19. The van der Waals surface area contributed by atoms with Gasteiger partial charge in [0.1, 0.15) is 17.3 Å². The average Bonchev–Trinajstić information content (AvgIpc) is 3.13. The zero-order valence-corrected chi connectivity index (χ0v) is 20.5. The molecule has 35 heavy (non-hydrogen) atoms. The molecule has 0 aromatic heterocycles. The summed E-state index contributed by atoms with van der Waals surface area (Å²) in [5.74, 6) is -0.444. The number of nitrogens with zero attached hydrogens (tertiary/aromatic N) is 2. The normalized spacial score (nSPS) is 20.3. The van der Waals surface area contributed by atoms with Gasteiger partial charge in [0, 0.05) is 43.4 Å². The van der Waals surface area contributed by atoms with E-state index < -0.39 is 17.7 Å². The fraction of sp³-hybridized carbons (Fsp3) is 0.407. The van der Waals surface area contributed by atoms with Crippen molar-refractivity contribution in [2.45, 2.75) is 19.4 Å². The Balaban J connectivity index is 1.73. The van der Waals surface area contributed by atoms with Crippen molar-refractivity contribution in [1.29, 1.82) is 0 Å². The zero-order valence-electron chi connectivity index (χ0n) is 20.5. The van der Waals surface area contributed by atoms with Gasteiger partial charge in [-0.05, 0) is 25.5 Å². The Morgan fingerprint density at radius 1 is 1.03 bits per heavy atom. The minimum Gasteiger partial charge on any atom is -0.507 e. The highest BCUT2D eigenvalue weighted by Crippen LogP contribution is 2.43. The number of benzene rings is 2. The number of carbonyl (C=O) groups excluding carboxylic acids is 2. The van der Waals surface area contributed by atoms with E-state index in [2.05, 4.69) is 4.90 Å². The van der Waals surface area contributed by atoms with Gasteiger partial charge in [0.2, 0.25) is 0 Å². The second-order valence-electron chi connectivity index (χ2n) is 8.77. The highest BCUT2D eigenvalue weighted by atomic mass is 16.5. The minimum atomic E-state index is -0.776. The number of carbonyl (C=O) groups is 2. The van der Waals surface area contributed by atoms with Gasteiger partial charge < -0.3 is 24.2 Å². The Bertz CT molecular complexity index is 1110. The third-order valence-electron chi connectivity index (χ3n) is 6.58. The first-order valence-electron chi connectivity index (χ1n) is 11.8. The number of rotatable bonds is 8. The van der Waals surface area contributed by atoms with E-state index in [1.807, 2.05) is 19.1 Å². The molecule has 1 unspecified atom stereocenters. The summed E-state index contributed by atoms with van der Waals surface area (Å²) in [6, 6.07) is 11.7. The van der Waals surface area contributed by atoms with Crippen molar-refractivity contribution in [1.82, 2.24) is 9.80 Å². The van der Waals surface area contributed by atoms with E-state index in [-0.39, 0.29) is 11.3 Å². The van der Waals surface area contributed by atoms with Crippen molar-refractivity contribution in [3.05, 3.63) is 64.7 Å². The first-order chi connectivity index (χ1) is 16.9. The molecule has 0 saturated carbocycles. The fourth-order valence-corrected chi connectivity index (χ4v) is 4.63. The Morgan fingerprint density at radius 3 is 2.40 bits per heavy atom. The van der Waals surface area contributed by atoms with Crippen LogP contribution < -0.4 is 9.47 Å². The predicted molar refractivity (Wildman–Crippen MR) is 132 cm³/mol. The molecule has 0 spiro atoms. The van der Waals surface area contributed by atoms with Crippen molar-refractivity contribution in [3.63, 3.8) is 0 Å². The van der Waals surface area contributed by atoms with Crippen LogP contribution in [0.4, 0.5) is 0 Å². The van der Waals surface area contributed by atoms with Gasteiger partial charge in [-0.25, -0.2) is 0 Å². The molecule has 0 radical (unpaired) electrons. The van der Waals surface area contributed by atoms with Gasteiger partial charge in [0.25, 0.3) is 11.7 Å². The lowest BCUT2D eigenvalue weighted by atomic mass is 9.94. The molecule has 186 valence electrons. The standard InChI is InChI=1S/C27H32N2O6/c1-18-5-7-19(8-6-18)25(30)23-24(21-10-9-20(33-2)17-22(21)34-3)29(27(32)26(23)31)12-4-11-28-13-15-35-16-14-28/h5-10,17,24,30H,4,11-16H2,1-3H3/b25-23-. The molecule has 0 aliphatic carbocycles. The van der Waals surface area contributed by atoms with E-state index in [1.165, 1.54) is 7.11 Å². The van der Waals surface area contributed by atoms with Crippen LogP contribution in [-0.4, -0.2) is 80.2 Å². The number of methoxy groups -OCH3 is 2. The Morgan fingerprint density at radius 2 is 1.74 bits per heavy atom. The number of morpholine rings is 1. The van der Waals surface area contributed by atoms with Crippen LogP contribution in [0.15, 0.2) is 48.0 Å². The van der Waals surface area contributed by atoms with Crippen molar-refractivity contribution in [3.8, 4) is 11.5 Å². The minimum absolute atomic E-state index is 0.0636. The lowest BCUT2D eigenvalue weighted by Crippen LogP contribution is -2.39. The molecule has 1 atom stereocenters. The predicted octanol–water partition coefficient (Wildman–Crippen LogP) is 3.16. The van der Waals surface area contributed by atoms with Crippen molar-refractivity contribution in [2.24, 2.45) is 0 Å². The third-order valence-corrected chi connectivity index (χ3v) is 6.58. The second kappa shape index (κ2) is 10.9. The monoisotopic (exact) mass is 480 g/mol. The van der Waals surface area contributed by atoms with Crippen LogP contribution in [0.25, 0.3) is 5.76 Å². The first kappa shape index (κ1) is 24.8. The van der Waals surface area contributed by atoms with Gasteiger partial charge in [-0.3, -0.25) is 14.5 Å². The maximum atomic E-state index is 13.3. The number of ketones is 1. The number of Topliss-reactive ketones (excluding diaryl/α,β-unsaturated/α-hetero) is 1. The van der Waals surface area contributed by atoms with Crippen molar-refractivity contribution >= 4 is 17.4 Å². The molecule has 2 fully saturated rings. The smallest absolute Gasteiger partial charge is 0.295 e. The number of hydrogen-bond acceptors (Lipinski definition) is 7. The number of aliphatic hydroxyl groups excluding tert-OH is 1. The molecule has 2 aromatic rings. The zero-order chi connectivity index (χ0) is 24.9. The van der Waals surface area contributed by atoms with Gasteiger partial charge in [0.15, 0.2) is 0 Å². The summed E-state index contributed by atoms with van der Waals surface area (Å²) >= 11 is 0. The quantitative estimate of drug-likeness (QED) is 0.353. The number of amides is 1. The first-order valence-corrected chi connectivity index (χ1v) is 11.8. The van der Waals surface area contributed by atoms with Crippen molar-refractivity contribution in [2.75, 3.05) is 53.6 Å². The average molecular weight is 481 g/mol. The number of aryl methyl sites for hydroxylation is 1. The molecule has 2 heterocycles. The third kappa shape index (κ3) is 5.18. The number of aliphatic hydroxyl groups is 1. The highest BCUT2D eigenvalue weighted by molar-refractivity contribution is 6.46. The summed E-state index contributed by atoms with van der Waals surface area (Å²) in [6.07, 6.45) is 0.687. The highest BCUT2D eigenvalue weighted by Gasteiger charge is 2.46. The van der Waals surface area contributed by atoms with Crippen LogP contribution in [0.2, 0.25) is 0 Å². The van der Waals surface area contributed by atoms with Crippen molar-refractivity contribution < 1.29 is 28.9 Å². The Labute approximate surface area is 205 Å². The van der Waals surface area contributed by atoms with E-state index in [1.54, 1.807) is 42.3 Å². The SMILES string of the molecule is COc1ccc(C2/C(=C(/O)c3ccc(C)cc3)C(=O)C(=O)N2CCCN2CCOCC2)c(OC)c1. The molecule has 2 saturated heterocycles. The molecule has 2 aromatic carbocycles. The summed E-state index contributed by atoms with van der Waals surface area (Å²) in [7, 11) is 3.09. The van der Waals surface area contributed by atoms with E-state index in [4.69, 9.17) is 14.2 Å². The largest absolute Gasteiger partial charge is 0.507 e. The summed E-state index contributed by atoms with van der Waals surface area (Å²) < 4.78 is 16.3. The van der Waals surface area contributed by atoms with Crippen LogP contribution in [0.5, 0.6) is 11.5 Å². The number of ether oxygens (including phenoxy) is 3. The van der Waals surface area contributed by atoms with Gasteiger partial charge in [-0.1, -0.05) is 29.8 Å². The molecule has 8 nitrogen and oxygen atoms in total. The van der Waals surface area contributed by atoms with Crippen LogP contribution in [0.3, 0.4) is 0 Å². The summed E-state index contributed by atoms with van der Waals surface area (Å²) in [6.45, 7) is 6.20. The van der Waals surface area contributed by atoms with Gasteiger partial charge >= 0.3 is 0 Å². The summed E-state index contributed by atoms with van der Waals surface area (Å²) in [4.78, 5) is 30.3. The molecule has 1 N–H and O–H groups in total. The Hall–Kier alpha value is -3.36. The molecule has 2 aliphatic rings. The number of hydrogen-bond donors (Lipinski definition) is 1. The van der Waals surface area contributed by atoms with Crippen LogP contribution in [-0.2, 0) is 14.3 Å². The van der Waals surface area contributed by atoms with E-state index >= 15 is 0 Å². The molecule has 4 rings (SSSR count). The molecule has 8 heteroatoms. The van der Waals surface area contributed by atoms with Crippen LogP contribution in [0, 0.1) is 6.92 Å². The van der Waals surface area contributed by atoms with Gasteiger partial charge in [-0.15, -0.1) is 0 Å². The molecule has 2 aliphatic heterocycles. The molecular formula is C27H32N2O6. The van der Waals surface area contributed by atoms with Crippen LogP contribution in [0.1, 0.15) is 29.2 Å². The van der Waals surface area contributed by atoms with E-state index in [0.29, 0.717) is 48.8 Å². The summed E-state index contributed by atoms with van der Waals surface area (Å²) in [5, 5.41) is 11.2. The lowest BCUT2D eigenvalue weighted by Gasteiger charge is -2.29. The van der Waals surface area contributed by atoms with E-state index in [0.717, 1.165) is 25.2 Å². The van der Waals surface area contributed by atoms with Crippen LogP contribution >= 0.6 is 0 Å². The molecule has 0 bridgehead atoms. The number of likely N-dealkylation sites (tertiary alicyclic amines) is 1. The molecule has 1 amide bonds. The lowest BCUT2D eigenvalue weighted by molar-refractivity contribution is -0.140. The molecular weight excluding hydrogens is 448 g/mol. The Kier molecular flexibility index (Phi) is 7.73. The maximum Gasteiger partial charge on any atom is 0.295 e. The van der Waals surface area contributed by atoms with Gasteiger partial charge in [-0.2, -0.15) is 0 Å². The maximum absolute atomic E-state index is 13.3. The second-order valence-corrected chi connectivity index (χ2v) is 8.77. The van der Waals surface area contributed by atoms with E-state index in [9.17, 15) is 14.7 Å². The topological polar surface area (TPSA) is 88.5 Å².